The van der Waals surface area contributed by atoms with Gasteiger partial charge in [-0.3, -0.25) is 0 Å². The van der Waals surface area contributed by atoms with Gasteiger partial charge in [0.2, 0.25) is 0 Å². The minimum absolute atomic E-state index is 0.345. The van der Waals surface area contributed by atoms with Crippen molar-refractivity contribution in [2.45, 2.75) is 19.0 Å². The third-order valence-electron chi connectivity index (χ3n) is 3.33. The third-order valence-corrected chi connectivity index (χ3v) is 3.33. The lowest BCUT2D eigenvalue weighted by Gasteiger charge is -2.31. The Morgan fingerprint density at radius 3 is 2.71 bits per heavy atom. The van der Waals surface area contributed by atoms with E-state index in [1.54, 1.807) is 0 Å². The number of hydrogen-bond acceptors (Lipinski definition) is 4. The van der Waals surface area contributed by atoms with Gasteiger partial charge in [-0.2, -0.15) is 0 Å². The molecule has 2 N–H and O–H groups in total. The third kappa shape index (κ3) is 2.23. The molecule has 1 fully saturated rings. The average Bonchev–Trinajstić information content (AvgIpc) is 2.33. The molecule has 4 heteroatoms. The largest absolute Gasteiger partial charge is 0.486 e. The predicted molar refractivity (Wildman–Crippen MR) is 65.6 cm³/mol. The summed E-state index contributed by atoms with van der Waals surface area (Å²) in [5, 5.41) is 6.84. The van der Waals surface area contributed by atoms with Gasteiger partial charge in [-0.1, -0.05) is 6.07 Å². The van der Waals surface area contributed by atoms with E-state index in [0.29, 0.717) is 25.3 Å². The van der Waals surface area contributed by atoms with Crippen molar-refractivity contribution < 1.29 is 9.47 Å². The fourth-order valence-corrected chi connectivity index (χ4v) is 2.19. The van der Waals surface area contributed by atoms with Gasteiger partial charge in [0.15, 0.2) is 11.5 Å². The Balaban J connectivity index is 1.73. The molecule has 0 saturated carbocycles. The summed E-state index contributed by atoms with van der Waals surface area (Å²) in [4.78, 5) is 0. The van der Waals surface area contributed by atoms with Gasteiger partial charge in [-0.15, -0.1) is 0 Å². The van der Waals surface area contributed by atoms with E-state index < -0.39 is 0 Å². The molecule has 0 aromatic heterocycles. The van der Waals surface area contributed by atoms with E-state index in [-0.39, 0.29) is 0 Å². The molecule has 0 bridgehead atoms. The highest BCUT2D eigenvalue weighted by molar-refractivity contribution is 5.44. The molecule has 2 aliphatic rings. The van der Waals surface area contributed by atoms with Gasteiger partial charge < -0.3 is 20.1 Å². The van der Waals surface area contributed by atoms with E-state index in [0.717, 1.165) is 24.6 Å². The first kappa shape index (κ1) is 10.9. The smallest absolute Gasteiger partial charge is 0.161 e. The summed E-state index contributed by atoms with van der Waals surface area (Å²) in [6.45, 7) is 5.60. The monoisotopic (exact) mass is 234 g/mol. The molecule has 17 heavy (non-hydrogen) atoms. The second-order valence-corrected chi connectivity index (χ2v) is 4.65. The summed E-state index contributed by atoms with van der Waals surface area (Å²) < 4.78 is 11.1. The lowest BCUT2D eigenvalue weighted by molar-refractivity contribution is 0.171. The normalized spacial score (nSPS) is 20.8. The highest BCUT2D eigenvalue weighted by Gasteiger charge is 2.20. The lowest BCUT2D eigenvalue weighted by Crippen LogP contribution is -2.55. The minimum atomic E-state index is 0.345. The van der Waals surface area contributed by atoms with E-state index in [1.807, 2.05) is 6.07 Å². The Morgan fingerprint density at radius 2 is 2.00 bits per heavy atom. The van der Waals surface area contributed by atoms with Gasteiger partial charge in [0.05, 0.1) is 0 Å². The Hall–Kier alpha value is -1.26. The molecule has 4 nitrogen and oxygen atoms in total. The van der Waals surface area contributed by atoms with Gasteiger partial charge >= 0.3 is 0 Å². The van der Waals surface area contributed by atoms with Crippen LogP contribution in [0.15, 0.2) is 18.2 Å². The molecule has 1 unspecified atom stereocenters. The van der Waals surface area contributed by atoms with Crippen LogP contribution in [0, 0.1) is 0 Å². The Labute approximate surface area is 101 Å². The molecule has 0 spiro atoms. The fraction of sp³-hybridized carbons (Fsp3) is 0.538. The highest BCUT2D eigenvalue weighted by atomic mass is 16.6. The zero-order valence-electron chi connectivity index (χ0n) is 10.0. The van der Waals surface area contributed by atoms with Crippen LogP contribution in [0.1, 0.15) is 18.5 Å². The maximum Gasteiger partial charge on any atom is 0.161 e. The standard InChI is InChI=1S/C13H18N2O2/c1-9(15-11-7-14-8-11)10-2-3-12-13(6-10)17-5-4-16-12/h2-3,6,9,11,14-15H,4-5,7-8H2,1H3. The molecule has 1 aromatic carbocycles. The van der Waals surface area contributed by atoms with Crippen molar-refractivity contribution in [2.24, 2.45) is 0 Å². The molecule has 2 heterocycles. The van der Waals surface area contributed by atoms with Crippen molar-refractivity contribution in [3.05, 3.63) is 23.8 Å². The van der Waals surface area contributed by atoms with Crippen molar-refractivity contribution in [1.29, 1.82) is 0 Å². The summed E-state index contributed by atoms with van der Waals surface area (Å²) in [6, 6.07) is 7.13. The zero-order valence-corrected chi connectivity index (χ0v) is 10.0. The van der Waals surface area contributed by atoms with Crippen LogP contribution in [-0.2, 0) is 0 Å². The first-order chi connectivity index (χ1) is 8.33. The van der Waals surface area contributed by atoms with Gasteiger partial charge in [0.25, 0.3) is 0 Å². The van der Waals surface area contributed by atoms with Crippen molar-refractivity contribution in [1.82, 2.24) is 10.6 Å². The molecule has 0 radical (unpaired) electrons. The van der Waals surface area contributed by atoms with Crippen molar-refractivity contribution in [3.63, 3.8) is 0 Å². The highest BCUT2D eigenvalue weighted by Crippen LogP contribution is 2.32. The van der Waals surface area contributed by atoms with Crippen LogP contribution >= 0.6 is 0 Å². The van der Waals surface area contributed by atoms with E-state index >= 15 is 0 Å². The molecule has 1 aromatic rings. The van der Waals surface area contributed by atoms with E-state index in [2.05, 4.69) is 29.7 Å². The van der Waals surface area contributed by atoms with Crippen LogP contribution < -0.4 is 20.1 Å². The van der Waals surface area contributed by atoms with Crippen LogP contribution in [-0.4, -0.2) is 32.3 Å². The van der Waals surface area contributed by atoms with E-state index in [9.17, 15) is 0 Å². The number of rotatable bonds is 3. The zero-order chi connectivity index (χ0) is 11.7. The summed E-state index contributed by atoms with van der Waals surface area (Å²) in [5.74, 6) is 1.73. The maximum absolute atomic E-state index is 5.59. The van der Waals surface area contributed by atoms with Gasteiger partial charge in [-0.25, -0.2) is 0 Å². The predicted octanol–water partition coefficient (Wildman–Crippen LogP) is 1.08. The van der Waals surface area contributed by atoms with Crippen LogP contribution in [0.4, 0.5) is 0 Å². The van der Waals surface area contributed by atoms with Crippen molar-refractivity contribution >= 4 is 0 Å². The SMILES string of the molecule is CC(NC1CNC1)c1ccc2c(c1)OCCO2. The topological polar surface area (TPSA) is 42.5 Å². The van der Waals surface area contributed by atoms with E-state index in [4.69, 9.17) is 9.47 Å². The second-order valence-electron chi connectivity index (χ2n) is 4.65. The molecular weight excluding hydrogens is 216 g/mol. The minimum Gasteiger partial charge on any atom is -0.486 e. The first-order valence-electron chi connectivity index (χ1n) is 6.19. The summed E-state index contributed by atoms with van der Waals surface area (Å²) >= 11 is 0. The fourth-order valence-electron chi connectivity index (χ4n) is 2.19. The lowest BCUT2D eigenvalue weighted by atomic mass is 10.0. The molecule has 0 aliphatic carbocycles. The second kappa shape index (κ2) is 4.55. The number of fused-ring (bicyclic) bond motifs is 1. The summed E-state index contributed by atoms with van der Waals surface area (Å²) in [5.41, 5.74) is 1.25. The molecule has 2 aliphatic heterocycles. The van der Waals surface area contributed by atoms with Crippen LogP contribution in [0.3, 0.4) is 0 Å². The maximum atomic E-state index is 5.59. The molecular formula is C13H18N2O2. The van der Waals surface area contributed by atoms with Crippen molar-refractivity contribution in [3.8, 4) is 11.5 Å². The van der Waals surface area contributed by atoms with Crippen LogP contribution in [0.25, 0.3) is 0 Å². The van der Waals surface area contributed by atoms with E-state index in [1.165, 1.54) is 5.56 Å². The quantitative estimate of drug-likeness (QED) is 0.821. The number of hydrogen-bond donors (Lipinski definition) is 2. The number of ether oxygens (including phenoxy) is 2. The first-order valence-corrected chi connectivity index (χ1v) is 6.19. The Bertz CT molecular complexity index is 404. The van der Waals surface area contributed by atoms with Gasteiger partial charge in [-0.05, 0) is 24.6 Å². The molecule has 0 amide bonds. The molecule has 3 rings (SSSR count). The van der Waals surface area contributed by atoms with Crippen LogP contribution in [0.5, 0.6) is 11.5 Å². The molecule has 1 saturated heterocycles. The summed E-state index contributed by atoms with van der Waals surface area (Å²) in [6.07, 6.45) is 0. The molecule has 92 valence electrons. The average molecular weight is 234 g/mol. The number of nitrogens with one attached hydrogen (secondary N) is 2. The van der Waals surface area contributed by atoms with Crippen molar-refractivity contribution in [2.75, 3.05) is 26.3 Å². The Kier molecular flexibility index (Phi) is 2.91. The Morgan fingerprint density at radius 1 is 1.24 bits per heavy atom. The van der Waals surface area contributed by atoms with Crippen LogP contribution in [0.2, 0.25) is 0 Å². The summed E-state index contributed by atoms with van der Waals surface area (Å²) in [7, 11) is 0. The molecule has 1 atom stereocenters. The van der Waals surface area contributed by atoms with Gasteiger partial charge in [0, 0.05) is 25.2 Å². The van der Waals surface area contributed by atoms with Gasteiger partial charge in [0.1, 0.15) is 13.2 Å². The number of benzene rings is 1.